The van der Waals surface area contributed by atoms with Crippen molar-refractivity contribution >= 4 is 17.8 Å². The maximum atomic E-state index is 12.1. The number of hydrogen-bond donors (Lipinski definition) is 3. The number of carbonyl (C=O) groups excluding carboxylic acids is 2. The van der Waals surface area contributed by atoms with Crippen LogP contribution in [0.5, 0.6) is 0 Å². The van der Waals surface area contributed by atoms with Crippen molar-refractivity contribution in [2.75, 3.05) is 7.05 Å². The molecule has 1 fully saturated rings. The van der Waals surface area contributed by atoms with Gasteiger partial charge in [0.25, 0.3) is 0 Å². The van der Waals surface area contributed by atoms with E-state index in [1.807, 2.05) is 6.92 Å². The predicted octanol–water partition coefficient (Wildman–Crippen LogP) is 0.374. The number of hydrogen-bond acceptors (Lipinski definition) is 3. The molecular weight excluding hydrogens is 248 g/mol. The first-order valence-electron chi connectivity index (χ1n) is 6.65. The molecule has 0 aromatic heterocycles. The van der Waals surface area contributed by atoms with Gasteiger partial charge in [0.05, 0.1) is 11.8 Å². The van der Waals surface area contributed by atoms with Gasteiger partial charge in [-0.05, 0) is 25.7 Å². The molecule has 4 atom stereocenters. The molecule has 1 aliphatic carbocycles. The van der Waals surface area contributed by atoms with Crippen LogP contribution in [0.3, 0.4) is 0 Å². The van der Waals surface area contributed by atoms with Crippen LogP contribution in [0.15, 0.2) is 0 Å². The lowest BCUT2D eigenvalue weighted by molar-refractivity contribution is -0.146. The number of nitrogens with one attached hydrogen (secondary N) is 2. The molecule has 1 rings (SSSR count). The summed E-state index contributed by atoms with van der Waals surface area (Å²) >= 11 is 0. The molecule has 0 bridgehead atoms. The third-order valence-corrected chi connectivity index (χ3v) is 3.89. The summed E-state index contributed by atoms with van der Waals surface area (Å²) < 4.78 is 0. The van der Waals surface area contributed by atoms with Crippen LogP contribution < -0.4 is 10.6 Å². The van der Waals surface area contributed by atoms with Crippen molar-refractivity contribution in [3.63, 3.8) is 0 Å². The Kier molecular flexibility index (Phi) is 5.32. The first kappa shape index (κ1) is 15.5. The van der Waals surface area contributed by atoms with Gasteiger partial charge in [-0.15, -0.1) is 0 Å². The lowest BCUT2D eigenvalue weighted by Crippen LogP contribution is -2.46. The molecule has 1 aliphatic rings. The Morgan fingerprint density at radius 3 is 2.32 bits per heavy atom. The van der Waals surface area contributed by atoms with Gasteiger partial charge in [-0.2, -0.15) is 0 Å². The van der Waals surface area contributed by atoms with Gasteiger partial charge in [-0.25, -0.2) is 0 Å². The van der Waals surface area contributed by atoms with E-state index >= 15 is 0 Å². The third kappa shape index (κ3) is 3.68. The smallest absolute Gasteiger partial charge is 0.307 e. The highest BCUT2D eigenvalue weighted by Crippen LogP contribution is 2.38. The van der Waals surface area contributed by atoms with E-state index in [0.29, 0.717) is 12.8 Å². The van der Waals surface area contributed by atoms with Crippen molar-refractivity contribution in [2.24, 2.45) is 17.8 Å². The van der Waals surface area contributed by atoms with Gasteiger partial charge >= 0.3 is 5.97 Å². The molecule has 0 heterocycles. The van der Waals surface area contributed by atoms with E-state index in [1.54, 1.807) is 6.92 Å². The summed E-state index contributed by atoms with van der Waals surface area (Å²) in [4.78, 5) is 34.6. The Bertz CT molecular complexity index is 370. The average Bonchev–Trinajstić information content (AvgIpc) is 2.81. The number of carboxylic acid groups (broad SMARTS) is 1. The summed E-state index contributed by atoms with van der Waals surface area (Å²) in [5, 5.41) is 14.2. The Hall–Kier alpha value is -1.59. The van der Waals surface area contributed by atoms with Crippen LogP contribution in [0.4, 0.5) is 0 Å². The Morgan fingerprint density at radius 1 is 1.26 bits per heavy atom. The summed E-state index contributed by atoms with van der Waals surface area (Å²) in [6.45, 7) is 3.58. The monoisotopic (exact) mass is 270 g/mol. The van der Waals surface area contributed by atoms with Crippen LogP contribution in [-0.2, 0) is 14.4 Å². The third-order valence-electron chi connectivity index (χ3n) is 3.89. The Balaban J connectivity index is 2.69. The van der Waals surface area contributed by atoms with Crippen LogP contribution in [0, 0.1) is 17.8 Å². The summed E-state index contributed by atoms with van der Waals surface area (Å²) in [6.07, 6.45) is 2.00. The summed E-state index contributed by atoms with van der Waals surface area (Å²) in [5.41, 5.74) is 0. The molecular formula is C13H22N2O4. The number of amides is 2. The fraction of sp³-hybridized carbons (Fsp3) is 0.769. The first-order chi connectivity index (χ1) is 8.90. The second kappa shape index (κ2) is 6.54. The average molecular weight is 270 g/mol. The highest BCUT2D eigenvalue weighted by Gasteiger charge is 2.42. The van der Waals surface area contributed by atoms with Gasteiger partial charge in [0, 0.05) is 7.05 Å². The number of likely N-dealkylation sites (N-methyl/N-ethyl adjacent to an activating group) is 1. The summed E-state index contributed by atoms with van der Waals surface area (Å²) in [6, 6.07) is -0.646. The molecule has 4 unspecified atom stereocenters. The molecule has 0 aromatic rings. The van der Waals surface area contributed by atoms with Crippen molar-refractivity contribution in [1.29, 1.82) is 0 Å². The zero-order chi connectivity index (χ0) is 14.6. The highest BCUT2D eigenvalue weighted by molar-refractivity contribution is 5.90. The normalized spacial score (nSPS) is 27.6. The van der Waals surface area contributed by atoms with Crippen molar-refractivity contribution < 1.29 is 19.5 Å². The Morgan fingerprint density at radius 2 is 1.84 bits per heavy atom. The number of carboxylic acids is 1. The van der Waals surface area contributed by atoms with E-state index in [1.165, 1.54) is 7.05 Å². The fourth-order valence-corrected chi connectivity index (χ4v) is 2.64. The first-order valence-corrected chi connectivity index (χ1v) is 6.65. The van der Waals surface area contributed by atoms with E-state index in [-0.39, 0.29) is 17.7 Å². The number of carbonyl (C=O) groups is 3. The van der Waals surface area contributed by atoms with Gasteiger partial charge in [0.1, 0.15) is 6.04 Å². The van der Waals surface area contributed by atoms with Gasteiger partial charge in [-0.1, -0.05) is 13.3 Å². The lowest BCUT2D eigenvalue weighted by atomic mass is 9.95. The topological polar surface area (TPSA) is 95.5 Å². The lowest BCUT2D eigenvalue weighted by Gasteiger charge is -2.18. The molecule has 0 aliphatic heterocycles. The molecule has 6 heteroatoms. The maximum absolute atomic E-state index is 12.1. The standard InChI is InChI=1S/C13H22N2O4/c1-4-8-5-9(10(6-8)13(18)19)12(17)15-7(2)11(16)14-3/h7-10H,4-6H2,1-3H3,(H,14,16)(H,15,17)(H,18,19). The van der Waals surface area contributed by atoms with E-state index < -0.39 is 23.8 Å². The van der Waals surface area contributed by atoms with Crippen LogP contribution in [0.25, 0.3) is 0 Å². The molecule has 0 spiro atoms. The molecule has 3 N–H and O–H groups in total. The largest absolute Gasteiger partial charge is 0.481 e. The zero-order valence-electron chi connectivity index (χ0n) is 11.6. The van der Waals surface area contributed by atoms with E-state index in [4.69, 9.17) is 0 Å². The molecule has 108 valence electrons. The quantitative estimate of drug-likeness (QED) is 0.672. The second-order valence-corrected chi connectivity index (χ2v) is 5.14. The van der Waals surface area contributed by atoms with Crippen LogP contribution in [-0.4, -0.2) is 36.0 Å². The van der Waals surface area contributed by atoms with E-state index in [2.05, 4.69) is 10.6 Å². The van der Waals surface area contributed by atoms with Gasteiger partial charge in [0.15, 0.2) is 0 Å². The van der Waals surface area contributed by atoms with Crippen molar-refractivity contribution in [1.82, 2.24) is 10.6 Å². The molecule has 6 nitrogen and oxygen atoms in total. The summed E-state index contributed by atoms with van der Waals surface area (Å²) in [5.74, 6) is -2.45. The Labute approximate surface area is 112 Å². The molecule has 0 saturated heterocycles. The van der Waals surface area contributed by atoms with Crippen molar-refractivity contribution in [3.05, 3.63) is 0 Å². The minimum Gasteiger partial charge on any atom is -0.481 e. The molecule has 19 heavy (non-hydrogen) atoms. The fourth-order valence-electron chi connectivity index (χ4n) is 2.64. The van der Waals surface area contributed by atoms with E-state index in [9.17, 15) is 19.5 Å². The number of rotatable bonds is 5. The van der Waals surface area contributed by atoms with Crippen molar-refractivity contribution in [3.8, 4) is 0 Å². The van der Waals surface area contributed by atoms with Gasteiger partial charge < -0.3 is 15.7 Å². The molecule has 2 amide bonds. The zero-order valence-corrected chi connectivity index (χ0v) is 11.6. The van der Waals surface area contributed by atoms with Crippen molar-refractivity contribution in [2.45, 2.75) is 39.2 Å². The van der Waals surface area contributed by atoms with Crippen LogP contribution in [0.2, 0.25) is 0 Å². The predicted molar refractivity (Wildman–Crippen MR) is 69.3 cm³/mol. The maximum Gasteiger partial charge on any atom is 0.307 e. The summed E-state index contributed by atoms with van der Waals surface area (Å²) in [7, 11) is 1.49. The van der Waals surface area contributed by atoms with Gasteiger partial charge in [0.2, 0.25) is 11.8 Å². The second-order valence-electron chi connectivity index (χ2n) is 5.14. The molecule has 0 aromatic carbocycles. The van der Waals surface area contributed by atoms with Crippen LogP contribution >= 0.6 is 0 Å². The number of aliphatic carboxylic acids is 1. The molecule has 0 radical (unpaired) electrons. The SMILES string of the molecule is CCC1CC(C(=O)O)C(C(=O)NC(C)C(=O)NC)C1. The van der Waals surface area contributed by atoms with Gasteiger partial charge in [-0.3, -0.25) is 14.4 Å². The van der Waals surface area contributed by atoms with E-state index in [0.717, 1.165) is 6.42 Å². The highest BCUT2D eigenvalue weighted by atomic mass is 16.4. The van der Waals surface area contributed by atoms with Crippen LogP contribution in [0.1, 0.15) is 33.1 Å². The minimum absolute atomic E-state index is 0.271. The molecule has 1 saturated carbocycles. The minimum atomic E-state index is -0.927.